The van der Waals surface area contributed by atoms with Crippen molar-refractivity contribution in [3.05, 3.63) is 95.8 Å². The molecular formula is C30H31F3O3. The van der Waals surface area contributed by atoms with E-state index in [0.717, 1.165) is 36.8 Å². The maximum absolute atomic E-state index is 14.9. The summed E-state index contributed by atoms with van der Waals surface area (Å²) in [6, 6.07) is 15.2. The molecule has 1 aliphatic rings. The van der Waals surface area contributed by atoms with Crippen LogP contribution in [-0.2, 0) is 11.3 Å². The molecule has 0 heterocycles. The fraction of sp³-hybridized carbons (Fsp3) is 0.333. The second-order valence-electron chi connectivity index (χ2n) is 8.94. The van der Waals surface area contributed by atoms with Crippen molar-refractivity contribution >= 4 is 0 Å². The normalized spacial score (nSPS) is 17.6. The van der Waals surface area contributed by atoms with E-state index in [1.165, 1.54) is 12.1 Å². The fourth-order valence-corrected chi connectivity index (χ4v) is 4.65. The molecule has 0 unspecified atom stereocenters. The lowest BCUT2D eigenvalue weighted by Gasteiger charge is -2.29. The molecule has 0 aromatic heterocycles. The van der Waals surface area contributed by atoms with Crippen LogP contribution in [0.3, 0.4) is 0 Å². The van der Waals surface area contributed by atoms with E-state index in [2.05, 4.69) is 6.58 Å². The van der Waals surface area contributed by atoms with Gasteiger partial charge in [0.15, 0.2) is 23.1 Å². The van der Waals surface area contributed by atoms with Gasteiger partial charge < -0.3 is 14.2 Å². The minimum atomic E-state index is -0.953. The van der Waals surface area contributed by atoms with Crippen LogP contribution < -0.4 is 9.47 Å². The Bertz CT molecular complexity index is 1170. The lowest BCUT2D eigenvalue weighted by atomic mass is 9.82. The van der Waals surface area contributed by atoms with Crippen molar-refractivity contribution in [1.29, 1.82) is 0 Å². The standard InChI is InChI=1S/C30H31F3O3/c1-3-17-35-27-15-11-23(18-26(27)31)21-7-5-20(6-8-21)19-36-28-16-14-25(29(32)30(28)33)22-9-12-24(13-10-22)34-4-2/h3,5-8,11,14-16,18,22,24H,1,4,9-10,12-13,17,19H2,2H3. The van der Waals surface area contributed by atoms with Gasteiger partial charge in [0.05, 0.1) is 6.10 Å². The Hall–Kier alpha value is -3.25. The molecular weight excluding hydrogens is 465 g/mol. The van der Waals surface area contributed by atoms with Crippen LogP contribution >= 0.6 is 0 Å². The Morgan fingerprint density at radius 1 is 0.833 bits per heavy atom. The molecule has 0 amide bonds. The van der Waals surface area contributed by atoms with Gasteiger partial charge in [-0.05, 0) is 79.0 Å². The van der Waals surface area contributed by atoms with E-state index in [0.29, 0.717) is 17.7 Å². The van der Waals surface area contributed by atoms with E-state index in [1.807, 2.05) is 31.2 Å². The molecule has 1 saturated carbocycles. The van der Waals surface area contributed by atoms with Gasteiger partial charge in [-0.2, -0.15) is 4.39 Å². The number of hydrogen-bond donors (Lipinski definition) is 0. The van der Waals surface area contributed by atoms with Crippen LogP contribution in [0.2, 0.25) is 0 Å². The molecule has 1 aliphatic carbocycles. The molecule has 0 radical (unpaired) electrons. The third kappa shape index (κ3) is 6.11. The van der Waals surface area contributed by atoms with Gasteiger partial charge >= 0.3 is 0 Å². The van der Waals surface area contributed by atoms with Gasteiger partial charge in [0.25, 0.3) is 0 Å². The van der Waals surface area contributed by atoms with E-state index in [9.17, 15) is 13.2 Å². The second-order valence-corrected chi connectivity index (χ2v) is 8.94. The van der Waals surface area contributed by atoms with Crippen LogP contribution in [0.25, 0.3) is 11.1 Å². The fourth-order valence-electron chi connectivity index (χ4n) is 4.65. The Morgan fingerprint density at radius 3 is 2.19 bits per heavy atom. The number of ether oxygens (including phenoxy) is 3. The van der Waals surface area contributed by atoms with Crippen LogP contribution in [0.1, 0.15) is 49.7 Å². The molecule has 0 saturated heterocycles. The monoisotopic (exact) mass is 496 g/mol. The quantitative estimate of drug-likeness (QED) is 0.266. The summed E-state index contributed by atoms with van der Waals surface area (Å²) in [5, 5.41) is 0. The minimum absolute atomic E-state index is 0.00903. The first-order valence-corrected chi connectivity index (χ1v) is 12.3. The Kier molecular flexibility index (Phi) is 8.70. The van der Waals surface area contributed by atoms with Gasteiger partial charge in [0, 0.05) is 6.61 Å². The van der Waals surface area contributed by atoms with Gasteiger partial charge in [0.1, 0.15) is 13.2 Å². The first kappa shape index (κ1) is 25.8. The second kappa shape index (κ2) is 12.1. The summed E-state index contributed by atoms with van der Waals surface area (Å²) in [4.78, 5) is 0. The van der Waals surface area contributed by atoms with Crippen molar-refractivity contribution in [2.45, 2.75) is 51.2 Å². The maximum atomic E-state index is 14.9. The van der Waals surface area contributed by atoms with Crippen LogP contribution in [0.5, 0.6) is 11.5 Å². The predicted molar refractivity (Wildman–Crippen MR) is 135 cm³/mol. The summed E-state index contributed by atoms with van der Waals surface area (Å²) in [6.07, 6.45) is 5.03. The zero-order valence-corrected chi connectivity index (χ0v) is 20.4. The Morgan fingerprint density at radius 2 is 1.53 bits per heavy atom. The molecule has 0 aliphatic heterocycles. The lowest BCUT2D eigenvalue weighted by molar-refractivity contribution is 0.0325. The SMILES string of the molecule is C=CCOc1ccc(-c2ccc(COc3ccc(C4CCC(OCC)CC4)c(F)c3F)cc2)cc1F. The minimum Gasteiger partial charge on any atom is -0.486 e. The highest BCUT2D eigenvalue weighted by Gasteiger charge is 2.27. The largest absolute Gasteiger partial charge is 0.486 e. The van der Waals surface area contributed by atoms with Crippen molar-refractivity contribution in [2.75, 3.05) is 13.2 Å². The molecule has 0 atom stereocenters. The summed E-state index contributed by atoms with van der Waals surface area (Å²) < 4.78 is 60.4. The average Bonchev–Trinajstić information content (AvgIpc) is 2.90. The number of hydrogen-bond acceptors (Lipinski definition) is 3. The third-order valence-corrected chi connectivity index (χ3v) is 6.56. The van der Waals surface area contributed by atoms with Gasteiger partial charge in [-0.25, -0.2) is 8.78 Å². The van der Waals surface area contributed by atoms with E-state index >= 15 is 0 Å². The molecule has 3 aromatic rings. The smallest absolute Gasteiger partial charge is 0.200 e. The van der Waals surface area contributed by atoms with E-state index in [4.69, 9.17) is 14.2 Å². The third-order valence-electron chi connectivity index (χ3n) is 6.56. The van der Waals surface area contributed by atoms with E-state index < -0.39 is 17.5 Å². The first-order valence-electron chi connectivity index (χ1n) is 12.3. The zero-order valence-electron chi connectivity index (χ0n) is 20.4. The van der Waals surface area contributed by atoms with Gasteiger partial charge in [-0.1, -0.05) is 49.1 Å². The van der Waals surface area contributed by atoms with E-state index in [1.54, 1.807) is 24.3 Å². The summed E-state index contributed by atoms with van der Waals surface area (Å²) in [5.74, 6) is -2.19. The van der Waals surface area contributed by atoms with Crippen molar-refractivity contribution in [2.24, 2.45) is 0 Å². The Balaban J connectivity index is 1.37. The van der Waals surface area contributed by atoms with Crippen LogP contribution in [0, 0.1) is 17.5 Å². The van der Waals surface area contributed by atoms with Crippen LogP contribution in [0.4, 0.5) is 13.2 Å². The molecule has 36 heavy (non-hydrogen) atoms. The summed E-state index contributed by atoms with van der Waals surface area (Å²) >= 11 is 0. The molecule has 190 valence electrons. The molecule has 3 nitrogen and oxygen atoms in total. The summed E-state index contributed by atoms with van der Waals surface area (Å²) in [7, 11) is 0. The molecule has 0 bridgehead atoms. The van der Waals surface area contributed by atoms with Crippen molar-refractivity contribution < 1.29 is 27.4 Å². The van der Waals surface area contributed by atoms with Crippen molar-refractivity contribution in [3.8, 4) is 22.6 Å². The highest BCUT2D eigenvalue weighted by atomic mass is 19.2. The molecule has 6 heteroatoms. The van der Waals surface area contributed by atoms with Gasteiger partial charge in [-0.3, -0.25) is 0 Å². The molecule has 3 aromatic carbocycles. The topological polar surface area (TPSA) is 27.7 Å². The highest BCUT2D eigenvalue weighted by molar-refractivity contribution is 5.64. The number of halogens is 3. The highest BCUT2D eigenvalue weighted by Crippen LogP contribution is 2.37. The maximum Gasteiger partial charge on any atom is 0.200 e. The van der Waals surface area contributed by atoms with Gasteiger partial charge in [0.2, 0.25) is 5.82 Å². The van der Waals surface area contributed by atoms with Crippen LogP contribution in [-0.4, -0.2) is 19.3 Å². The Labute approximate surface area is 210 Å². The molecule has 0 spiro atoms. The van der Waals surface area contributed by atoms with Crippen molar-refractivity contribution in [1.82, 2.24) is 0 Å². The predicted octanol–water partition coefficient (Wildman–Crippen LogP) is 7.98. The summed E-state index contributed by atoms with van der Waals surface area (Å²) in [6.45, 7) is 6.50. The first-order chi connectivity index (χ1) is 17.5. The molecule has 1 fully saturated rings. The summed E-state index contributed by atoms with van der Waals surface area (Å²) in [5.41, 5.74) is 2.70. The van der Waals surface area contributed by atoms with Crippen LogP contribution in [0.15, 0.2) is 67.3 Å². The number of benzene rings is 3. The van der Waals surface area contributed by atoms with Gasteiger partial charge in [-0.15, -0.1) is 0 Å². The number of rotatable bonds is 10. The van der Waals surface area contributed by atoms with E-state index in [-0.39, 0.29) is 36.7 Å². The zero-order chi connectivity index (χ0) is 25.5. The van der Waals surface area contributed by atoms with Crippen molar-refractivity contribution in [3.63, 3.8) is 0 Å². The molecule has 0 N–H and O–H groups in total. The average molecular weight is 497 g/mol. The lowest BCUT2D eigenvalue weighted by Crippen LogP contribution is -2.21. The molecule has 4 rings (SSSR count).